The molecule has 5 rings (SSSR count). The van der Waals surface area contributed by atoms with Gasteiger partial charge in [-0.05, 0) is 83.3 Å². The van der Waals surface area contributed by atoms with Crippen LogP contribution in [0, 0.1) is 5.92 Å². The first kappa shape index (κ1) is 34.1. The molecule has 48 heavy (non-hydrogen) atoms. The normalized spacial score (nSPS) is 15.0. The Morgan fingerprint density at radius 3 is 2.19 bits per heavy atom. The maximum atomic E-state index is 13.4. The molecular weight excluding hydrogens is 602 g/mol. The molecule has 2 atom stereocenters. The molecule has 0 bridgehead atoms. The first-order valence-electron chi connectivity index (χ1n) is 16.4. The molecule has 0 radical (unpaired) electrons. The third-order valence-electron chi connectivity index (χ3n) is 8.55. The standard InChI is InChI=1S/C40H43N3O5/c1-27(38(46)43-35(26-48-39(43)47)25-29-9-6-5-7-10-29)23-30-11-8-12-34(24-30)42-37(45)31-16-20-33(21-17-31)41-36(44)22-15-28-13-18-32(19-14-28)40(2,3)4/h5-14,16-21,24,27,35H,15,22-23,25-26H2,1-4H3,(H,41,44)(H,42,45)/t27-,35+/m0/s1. The number of hydrogen-bond donors (Lipinski definition) is 2. The van der Waals surface area contributed by atoms with Gasteiger partial charge in [-0.25, -0.2) is 9.69 Å². The Labute approximate surface area is 282 Å². The highest BCUT2D eigenvalue weighted by Gasteiger charge is 2.39. The largest absolute Gasteiger partial charge is 0.447 e. The number of carbonyl (C=O) groups excluding carboxylic acids is 4. The van der Waals surface area contributed by atoms with Gasteiger partial charge < -0.3 is 15.4 Å². The summed E-state index contributed by atoms with van der Waals surface area (Å²) >= 11 is 0. The molecule has 248 valence electrons. The van der Waals surface area contributed by atoms with E-state index < -0.39 is 12.0 Å². The fourth-order valence-corrected chi connectivity index (χ4v) is 5.78. The van der Waals surface area contributed by atoms with Crippen molar-refractivity contribution >= 4 is 35.2 Å². The SMILES string of the molecule is C[C@@H](Cc1cccc(NC(=O)c2ccc(NC(=O)CCc3ccc(C(C)(C)C)cc3)cc2)c1)C(=O)N1C(=O)OC[C@H]1Cc1ccccc1. The van der Waals surface area contributed by atoms with Crippen LogP contribution in [0.2, 0.25) is 0 Å². The first-order valence-corrected chi connectivity index (χ1v) is 16.4. The maximum absolute atomic E-state index is 13.4. The highest BCUT2D eigenvalue weighted by atomic mass is 16.6. The summed E-state index contributed by atoms with van der Waals surface area (Å²) in [6.07, 6.45) is 1.31. The highest BCUT2D eigenvalue weighted by Crippen LogP contribution is 2.24. The van der Waals surface area contributed by atoms with Crippen molar-refractivity contribution in [2.24, 2.45) is 5.92 Å². The van der Waals surface area contributed by atoms with Crippen LogP contribution in [-0.2, 0) is 39.0 Å². The molecule has 1 aliphatic rings. The molecule has 4 amide bonds. The van der Waals surface area contributed by atoms with Gasteiger partial charge in [0, 0.05) is 29.3 Å². The third kappa shape index (κ3) is 8.97. The number of nitrogens with zero attached hydrogens (tertiary/aromatic N) is 1. The number of imide groups is 1. The number of cyclic esters (lactones) is 1. The number of rotatable bonds is 11. The molecule has 1 heterocycles. The zero-order chi connectivity index (χ0) is 34.3. The molecule has 2 N–H and O–H groups in total. The van der Waals surface area contributed by atoms with Crippen molar-refractivity contribution < 1.29 is 23.9 Å². The van der Waals surface area contributed by atoms with Crippen LogP contribution in [0.5, 0.6) is 0 Å². The molecule has 0 saturated carbocycles. The lowest BCUT2D eigenvalue weighted by Gasteiger charge is -2.23. The zero-order valence-corrected chi connectivity index (χ0v) is 28.0. The number of carbonyl (C=O) groups is 4. The van der Waals surface area contributed by atoms with Gasteiger partial charge in [-0.1, -0.05) is 94.4 Å². The van der Waals surface area contributed by atoms with Gasteiger partial charge >= 0.3 is 6.09 Å². The molecule has 0 unspecified atom stereocenters. The van der Waals surface area contributed by atoms with Gasteiger partial charge in [0.15, 0.2) is 0 Å². The monoisotopic (exact) mass is 645 g/mol. The van der Waals surface area contributed by atoms with E-state index in [0.717, 1.165) is 16.7 Å². The van der Waals surface area contributed by atoms with Crippen LogP contribution in [0.1, 0.15) is 66.7 Å². The van der Waals surface area contributed by atoms with E-state index in [0.29, 0.717) is 42.6 Å². The topological polar surface area (TPSA) is 105 Å². The van der Waals surface area contributed by atoms with E-state index in [2.05, 4.69) is 55.7 Å². The third-order valence-corrected chi connectivity index (χ3v) is 8.55. The zero-order valence-electron chi connectivity index (χ0n) is 28.0. The van der Waals surface area contributed by atoms with E-state index in [1.54, 1.807) is 37.3 Å². The summed E-state index contributed by atoms with van der Waals surface area (Å²) in [6.45, 7) is 8.49. The summed E-state index contributed by atoms with van der Waals surface area (Å²) in [6, 6.07) is 31.8. The van der Waals surface area contributed by atoms with E-state index in [1.807, 2.05) is 48.5 Å². The van der Waals surface area contributed by atoms with Crippen LogP contribution in [0.4, 0.5) is 16.2 Å². The lowest BCUT2D eigenvalue weighted by molar-refractivity contribution is -0.132. The van der Waals surface area contributed by atoms with Crippen molar-refractivity contribution in [1.82, 2.24) is 4.90 Å². The Hall–Kier alpha value is -5.24. The van der Waals surface area contributed by atoms with Crippen LogP contribution in [0.25, 0.3) is 0 Å². The fourth-order valence-electron chi connectivity index (χ4n) is 5.78. The molecule has 8 nitrogen and oxygen atoms in total. The molecule has 0 aliphatic carbocycles. The Balaban J connectivity index is 1.11. The fraction of sp³-hybridized carbons (Fsp3) is 0.300. The quantitative estimate of drug-likeness (QED) is 0.175. The van der Waals surface area contributed by atoms with Crippen molar-refractivity contribution in [3.8, 4) is 0 Å². The van der Waals surface area contributed by atoms with Crippen LogP contribution in [-0.4, -0.2) is 41.4 Å². The molecule has 1 fully saturated rings. The summed E-state index contributed by atoms with van der Waals surface area (Å²) in [7, 11) is 0. The minimum atomic E-state index is -0.610. The molecule has 1 aliphatic heterocycles. The lowest BCUT2D eigenvalue weighted by atomic mass is 9.86. The van der Waals surface area contributed by atoms with Gasteiger partial charge in [0.1, 0.15) is 6.61 Å². The first-order chi connectivity index (χ1) is 23.0. The minimum absolute atomic E-state index is 0.0875. The van der Waals surface area contributed by atoms with Gasteiger partial charge in [0.25, 0.3) is 5.91 Å². The number of nitrogens with one attached hydrogen (secondary N) is 2. The van der Waals surface area contributed by atoms with Gasteiger partial charge in [-0.2, -0.15) is 0 Å². The smallest absolute Gasteiger partial charge is 0.416 e. The van der Waals surface area contributed by atoms with Crippen molar-refractivity contribution in [3.63, 3.8) is 0 Å². The number of ether oxygens (including phenoxy) is 1. The van der Waals surface area contributed by atoms with Gasteiger partial charge in [-0.3, -0.25) is 14.4 Å². The summed E-state index contributed by atoms with van der Waals surface area (Å²) < 4.78 is 5.24. The van der Waals surface area contributed by atoms with Gasteiger partial charge in [0.2, 0.25) is 11.8 Å². The molecule has 4 aromatic rings. The van der Waals surface area contributed by atoms with E-state index in [9.17, 15) is 19.2 Å². The van der Waals surface area contributed by atoms with Crippen LogP contribution in [0.3, 0.4) is 0 Å². The Bertz CT molecular complexity index is 1740. The summed E-state index contributed by atoms with van der Waals surface area (Å²) in [5.74, 6) is -1.15. The Kier molecular flexibility index (Phi) is 10.7. The second-order valence-corrected chi connectivity index (χ2v) is 13.5. The molecule has 8 heteroatoms. The van der Waals surface area contributed by atoms with Crippen LogP contribution >= 0.6 is 0 Å². The van der Waals surface area contributed by atoms with Crippen molar-refractivity contribution in [3.05, 3.63) is 131 Å². The molecule has 0 aromatic heterocycles. The Morgan fingerprint density at radius 2 is 1.50 bits per heavy atom. The van der Waals surface area contributed by atoms with E-state index in [1.165, 1.54) is 10.5 Å². The maximum Gasteiger partial charge on any atom is 0.416 e. The Morgan fingerprint density at radius 1 is 0.812 bits per heavy atom. The number of hydrogen-bond acceptors (Lipinski definition) is 5. The predicted molar refractivity (Wildman–Crippen MR) is 188 cm³/mol. The average molecular weight is 646 g/mol. The van der Waals surface area contributed by atoms with Crippen LogP contribution in [0.15, 0.2) is 103 Å². The van der Waals surface area contributed by atoms with Gasteiger partial charge in [-0.15, -0.1) is 0 Å². The van der Waals surface area contributed by atoms with Crippen molar-refractivity contribution in [2.45, 2.75) is 64.8 Å². The summed E-state index contributed by atoms with van der Waals surface area (Å²) in [4.78, 5) is 52.7. The van der Waals surface area contributed by atoms with E-state index in [-0.39, 0.29) is 35.8 Å². The molecular formula is C40H43N3O5. The van der Waals surface area contributed by atoms with Crippen molar-refractivity contribution in [1.29, 1.82) is 0 Å². The second kappa shape index (κ2) is 15.1. The number of anilines is 2. The minimum Gasteiger partial charge on any atom is -0.447 e. The average Bonchev–Trinajstić information content (AvgIpc) is 3.43. The number of aryl methyl sites for hydroxylation is 1. The van der Waals surface area contributed by atoms with E-state index >= 15 is 0 Å². The summed E-state index contributed by atoms with van der Waals surface area (Å²) in [5.41, 5.74) is 5.99. The van der Waals surface area contributed by atoms with Crippen molar-refractivity contribution in [2.75, 3.05) is 17.2 Å². The second-order valence-electron chi connectivity index (χ2n) is 13.5. The summed E-state index contributed by atoms with van der Waals surface area (Å²) in [5, 5.41) is 5.82. The predicted octanol–water partition coefficient (Wildman–Crippen LogP) is 7.58. The molecule has 0 spiro atoms. The molecule has 4 aromatic carbocycles. The molecule has 1 saturated heterocycles. The van der Waals surface area contributed by atoms with E-state index in [4.69, 9.17) is 4.74 Å². The van der Waals surface area contributed by atoms with Crippen LogP contribution < -0.4 is 10.6 Å². The number of benzene rings is 4. The lowest BCUT2D eigenvalue weighted by Crippen LogP contribution is -2.43. The highest BCUT2D eigenvalue weighted by molar-refractivity contribution is 6.04. The number of amides is 4. The van der Waals surface area contributed by atoms with Gasteiger partial charge in [0.05, 0.1) is 6.04 Å².